The van der Waals surface area contributed by atoms with Crippen molar-refractivity contribution in [2.24, 2.45) is 0 Å². The van der Waals surface area contributed by atoms with Crippen molar-refractivity contribution >= 4 is 18.2 Å². The van der Waals surface area contributed by atoms with E-state index in [1.54, 1.807) is 0 Å². The molecule has 0 spiro atoms. The molecule has 0 saturated heterocycles. The van der Waals surface area contributed by atoms with Gasteiger partial charge in [0.05, 0.1) is 13.7 Å². The lowest BCUT2D eigenvalue weighted by molar-refractivity contribution is 0.146. The van der Waals surface area contributed by atoms with Crippen LogP contribution in [0.3, 0.4) is 0 Å². The third-order valence-electron chi connectivity index (χ3n) is 3.97. The number of hydrogen-bond acceptors (Lipinski definition) is 5. The van der Waals surface area contributed by atoms with Crippen LogP contribution in [0.25, 0.3) is 0 Å². The molecule has 0 unspecified atom stereocenters. The maximum absolute atomic E-state index is 11.8. The standard InChI is InChI=1S/C21H26N4O5/c1-29-20(27)24-14-17-8-5-9-18(12-17)15-25-21(28)30-11-10-22-19(26)23-13-16-6-3-2-4-7-16/h2-9,12H,10-11,13-15H2,1H3,(H,24,27)(H,25,28)(H2,22,23,26). The van der Waals surface area contributed by atoms with Crippen molar-refractivity contribution in [1.29, 1.82) is 0 Å². The highest BCUT2D eigenvalue weighted by Crippen LogP contribution is 2.05. The lowest BCUT2D eigenvalue weighted by Gasteiger charge is -2.10. The molecule has 0 radical (unpaired) electrons. The Morgan fingerprint density at radius 2 is 1.33 bits per heavy atom. The maximum Gasteiger partial charge on any atom is 0.407 e. The van der Waals surface area contributed by atoms with E-state index < -0.39 is 12.2 Å². The molecule has 0 aromatic heterocycles. The van der Waals surface area contributed by atoms with Crippen LogP contribution in [0.5, 0.6) is 0 Å². The molecule has 160 valence electrons. The number of alkyl carbamates (subject to hydrolysis) is 2. The van der Waals surface area contributed by atoms with Crippen LogP contribution in [-0.4, -0.2) is 38.5 Å². The van der Waals surface area contributed by atoms with E-state index in [9.17, 15) is 14.4 Å². The summed E-state index contributed by atoms with van der Waals surface area (Å²) in [5, 5.41) is 10.6. The van der Waals surface area contributed by atoms with Gasteiger partial charge in [-0.05, 0) is 16.7 Å². The van der Waals surface area contributed by atoms with Crippen LogP contribution in [0, 0.1) is 0 Å². The van der Waals surface area contributed by atoms with Gasteiger partial charge in [0, 0.05) is 19.6 Å². The Hall–Kier alpha value is -3.75. The first-order valence-corrected chi connectivity index (χ1v) is 9.42. The summed E-state index contributed by atoms with van der Waals surface area (Å²) in [6, 6.07) is 16.6. The Bertz CT molecular complexity index is 829. The van der Waals surface area contributed by atoms with Crippen molar-refractivity contribution in [1.82, 2.24) is 21.3 Å². The van der Waals surface area contributed by atoms with Gasteiger partial charge in [0.2, 0.25) is 0 Å². The van der Waals surface area contributed by atoms with Crippen LogP contribution in [-0.2, 0) is 29.1 Å². The first-order chi connectivity index (χ1) is 14.6. The number of ether oxygens (including phenoxy) is 2. The third-order valence-corrected chi connectivity index (χ3v) is 3.97. The summed E-state index contributed by atoms with van der Waals surface area (Å²) in [6.07, 6.45) is -1.09. The van der Waals surface area contributed by atoms with Gasteiger partial charge in [-0.15, -0.1) is 0 Å². The molecule has 2 aromatic rings. The van der Waals surface area contributed by atoms with E-state index in [1.807, 2.05) is 54.6 Å². The monoisotopic (exact) mass is 414 g/mol. The molecule has 2 rings (SSSR count). The fourth-order valence-corrected chi connectivity index (χ4v) is 2.47. The van der Waals surface area contributed by atoms with Crippen molar-refractivity contribution in [3.05, 3.63) is 71.3 Å². The SMILES string of the molecule is COC(=O)NCc1cccc(CNC(=O)OCCNC(=O)NCc2ccccc2)c1. The predicted octanol–water partition coefficient (Wildman–Crippen LogP) is 2.27. The van der Waals surface area contributed by atoms with Crippen molar-refractivity contribution in [2.75, 3.05) is 20.3 Å². The number of nitrogens with one attached hydrogen (secondary N) is 4. The van der Waals surface area contributed by atoms with Crippen molar-refractivity contribution in [3.63, 3.8) is 0 Å². The molecule has 4 N–H and O–H groups in total. The number of hydrogen-bond donors (Lipinski definition) is 4. The van der Waals surface area contributed by atoms with E-state index >= 15 is 0 Å². The van der Waals surface area contributed by atoms with Gasteiger partial charge in [-0.2, -0.15) is 0 Å². The molecule has 0 saturated carbocycles. The molecule has 0 aliphatic carbocycles. The highest BCUT2D eigenvalue weighted by atomic mass is 16.5. The Kier molecular flexibility index (Phi) is 9.51. The van der Waals surface area contributed by atoms with E-state index in [2.05, 4.69) is 26.0 Å². The average molecular weight is 414 g/mol. The van der Waals surface area contributed by atoms with Crippen LogP contribution >= 0.6 is 0 Å². The average Bonchev–Trinajstić information content (AvgIpc) is 2.78. The molecule has 30 heavy (non-hydrogen) atoms. The molecule has 9 heteroatoms. The van der Waals surface area contributed by atoms with Crippen molar-refractivity contribution in [2.45, 2.75) is 19.6 Å². The molecular formula is C21H26N4O5. The lowest BCUT2D eigenvalue weighted by Crippen LogP contribution is -2.37. The van der Waals surface area contributed by atoms with Gasteiger partial charge in [-0.1, -0.05) is 54.6 Å². The van der Waals surface area contributed by atoms with E-state index in [0.29, 0.717) is 13.1 Å². The summed E-state index contributed by atoms with van der Waals surface area (Å²) in [5.74, 6) is 0. The summed E-state index contributed by atoms with van der Waals surface area (Å²) in [7, 11) is 1.30. The zero-order valence-corrected chi connectivity index (χ0v) is 16.8. The number of urea groups is 1. The Morgan fingerprint density at radius 3 is 2.00 bits per heavy atom. The molecule has 0 heterocycles. The van der Waals surface area contributed by atoms with Gasteiger partial charge in [-0.3, -0.25) is 0 Å². The maximum atomic E-state index is 11.8. The highest BCUT2D eigenvalue weighted by Gasteiger charge is 2.05. The third kappa shape index (κ3) is 8.96. The second-order valence-electron chi connectivity index (χ2n) is 6.25. The Labute approximate surface area is 175 Å². The lowest BCUT2D eigenvalue weighted by atomic mass is 10.1. The zero-order valence-electron chi connectivity index (χ0n) is 16.8. The summed E-state index contributed by atoms with van der Waals surface area (Å²) in [4.78, 5) is 34.6. The fraction of sp³-hybridized carbons (Fsp3) is 0.286. The molecule has 0 bridgehead atoms. The number of rotatable bonds is 9. The van der Waals surface area contributed by atoms with Gasteiger partial charge in [0.15, 0.2) is 0 Å². The number of carbonyl (C=O) groups excluding carboxylic acids is 3. The second-order valence-corrected chi connectivity index (χ2v) is 6.25. The molecule has 0 aliphatic rings. The summed E-state index contributed by atoms with van der Waals surface area (Å²) >= 11 is 0. The van der Waals surface area contributed by atoms with Crippen LogP contribution < -0.4 is 21.3 Å². The van der Waals surface area contributed by atoms with Crippen LogP contribution in [0.15, 0.2) is 54.6 Å². The number of carbonyl (C=O) groups is 3. The quantitative estimate of drug-likeness (QED) is 0.470. The van der Waals surface area contributed by atoms with Gasteiger partial charge in [0.25, 0.3) is 0 Å². The summed E-state index contributed by atoms with van der Waals surface area (Å²) in [5.41, 5.74) is 2.72. The van der Waals surface area contributed by atoms with Gasteiger partial charge < -0.3 is 30.7 Å². The van der Waals surface area contributed by atoms with E-state index in [1.165, 1.54) is 7.11 Å². The van der Waals surface area contributed by atoms with E-state index in [-0.39, 0.29) is 25.7 Å². The Balaban J connectivity index is 1.58. The molecule has 4 amide bonds. The minimum atomic E-state index is -0.584. The van der Waals surface area contributed by atoms with E-state index in [0.717, 1.165) is 16.7 Å². The Morgan fingerprint density at radius 1 is 0.733 bits per heavy atom. The first-order valence-electron chi connectivity index (χ1n) is 9.42. The molecule has 9 nitrogen and oxygen atoms in total. The van der Waals surface area contributed by atoms with Crippen molar-refractivity contribution < 1.29 is 23.9 Å². The molecular weight excluding hydrogens is 388 g/mol. The largest absolute Gasteiger partial charge is 0.453 e. The van der Waals surface area contributed by atoms with E-state index in [4.69, 9.17) is 4.74 Å². The highest BCUT2D eigenvalue weighted by molar-refractivity contribution is 5.73. The van der Waals surface area contributed by atoms with Crippen LogP contribution in [0.2, 0.25) is 0 Å². The summed E-state index contributed by atoms with van der Waals surface area (Å²) in [6.45, 7) is 1.26. The van der Waals surface area contributed by atoms with Gasteiger partial charge in [-0.25, -0.2) is 14.4 Å². The van der Waals surface area contributed by atoms with Crippen molar-refractivity contribution in [3.8, 4) is 0 Å². The van der Waals surface area contributed by atoms with Crippen LogP contribution in [0.1, 0.15) is 16.7 Å². The predicted molar refractivity (Wildman–Crippen MR) is 111 cm³/mol. The zero-order chi connectivity index (χ0) is 21.6. The minimum absolute atomic E-state index is 0.0493. The van der Waals surface area contributed by atoms with Gasteiger partial charge >= 0.3 is 18.2 Å². The summed E-state index contributed by atoms with van der Waals surface area (Å²) < 4.78 is 9.56. The topological polar surface area (TPSA) is 118 Å². The smallest absolute Gasteiger partial charge is 0.407 e. The van der Waals surface area contributed by atoms with Crippen LogP contribution in [0.4, 0.5) is 14.4 Å². The molecule has 0 atom stereocenters. The second kappa shape index (κ2) is 12.7. The number of benzene rings is 2. The normalized spacial score (nSPS) is 9.90. The first kappa shape index (κ1) is 22.5. The molecule has 0 fully saturated rings. The molecule has 2 aromatic carbocycles. The van der Waals surface area contributed by atoms with Gasteiger partial charge in [0.1, 0.15) is 6.61 Å². The fourth-order valence-electron chi connectivity index (χ4n) is 2.47. The molecule has 0 aliphatic heterocycles. The minimum Gasteiger partial charge on any atom is -0.453 e. The number of methoxy groups -OCH3 is 1. The number of amides is 4.